The largest absolute Gasteiger partial charge is 0.337 e. The zero-order valence-corrected chi connectivity index (χ0v) is 11.4. The van der Waals surface area contributed by atoms with Gasteiger partial charge in [0, 0.05) is 18.0 Å². The summed E-state index contributed by atoms with van der Waals surface area (Å²) in [6.07, 6.45) is 9.88. The molecule has 0 aliphatic heterocycles. The summed E-state index contributed by atoms with van der Waals surface area (Å²) in [5, 5.41) is 0. The number of carbonyl (C=O) groups excluding carboxylic acids is 1. The second-order valence-electron chi connectivity index (χ2n) is 5.94. The van der Waals surface area contributed by atoms with Gasteiger partial charge in [0.15, 0.2) is 0 Å². The molecule has 2 unspecified atom stereocenters. The van der Waals surface area contributed by atoms with Crippen LogP contribution in [0.3, 0.4) is 0 Å². The molecule has 0 N–H and O–H groups in total. The molecule has 0 aromatic heterocycles. The highest BCUT2D eigenvalue weighted by Crippen LogP contribution is 2.33. The third-order valence-electron chi connectivity index (χ3n) is 4.22. The van der Waals surface area contributed by atoms with E-state index in [4.69, 9.17) is 0 Å². The van der Waals surface area contributed by atoms with Gasteiger partial charge in [-0.15, -0.1) is 0 Å². The van der Waals surface area contributed by atoms with Crippen LogP contribution in [0, 0.1) is 11.8 Å². The number of amides is 1. The Morgan fingerprint density at radius 1 is 1.18 bits per heavy atom. The Morgan fingerprint density at radius 2 is 1.88 bits per heavy atom. The Kier molecular flexibility index (Phi) is 3.90. The van der Waals surface area contributed by atoms with Crippen molar-refractivity contribution in [2.45, 2.75) is 65.0 Å². The SMILES string of the molecule is CC(C)C(C)N(C(=O)C1CC=CCC1)C1CC1. The zero-order chi connectivity index (χ0) is 12.4. The molecule has 0 spiro atoms. The first-order valence-corrected chi connectivity index (χ1v) is 7.08. The van der Waals surface area contributed by atoms with E-state index in [1.54, 1.807) is 0 Å². The number of hydrogen-bond acceptors (Lipinski definition) is 1. The lowest BCUT2D eigenvalue weighted by Gasteiger charge is -2.35. The van der Waals surface area contributed by atoms with Crippen LogP contribution >= 0.6 is 0 Å². The van der Waals surface area contributed by atoms with Crippen molar-refractivity contribution in [1.82, 2.24) is 4.90 Å². The summed E-state index contributed by atoms with van der Waals surface area (Å²) in [6.45, 7) is 6.64. The van der Waals surface area contributed by atoms with Gasteiger partial charge in [-0.2, -0.15) is 0 Å². The van der Waals surface area contributed by atoms with Crippen molar-refractivity contribution in [2.24, 2.45) is 11.8 Å². The molecule has 2 aliphatic rings. The fourth-order valence-electron chi connectivity index (χ4n) is 2.62. The lowest BCUT2D eigenvalue weighted by Crippen LogP contribution is -2.46. The summed E-state index contributed by atoms with van der Waals surface area (Å²) in [7, 11) is 0. The third kappa shape index (κ3) is 2.91. The number of nitrogens with zero attached hydrogens (tertiary/aromatic N) is 1. The minimum Gasteiger partial charge on any atom is -0.337 e. The first-order chi connectivity index (χ1) is 8.11. The molecule has 2 rings (SSSR count). The first-order valence-electron chi connectivity index (χ1n) is 7.08. The van der Waals surface area contributed by atoms with E-state index in [0.717, 1.165) is 19.3 Å². The van der Waals surface area contributed by atoms with Crippen LogP contribution in [0.5, 0.6) is 0 Å². The monoisotopic (exact) mass is 235 g/mol. The van der Waals surface area contributed by atoms with Crippen molar-refractivity contribution in [3.05, 3.63) is 12.2 Å². The average molecular weight is 235 g/mol. The molecular weight excluding hydrogens is 210 g/mol. The number of rotatable bonds is 4. The minimum atomic E-state index is 0.252. The maximum Gasteiger partial charge on any atom is 0.226 e. The quantitative estimate of drug-likeness (QED) is 0.684. The molecule has 1 amide bonds. The normalized spacial score (nSPS) is 26.0. The molecule has 17 heavy (non-hydrogen) atoms. The molecular formula is C15H25NO. The van der Waals surface area contributed by atoms with Crippen LogP contribution < -0.4 is 0 Å². The molecule has 96 valence electrons. The number of hydrogen-bond donors (Lipinski definition) is 0. The summed E-state index contributed by atoms with van der Waals surface area (Å²) < 4.78 is 0. The predicted octanol–water partition coefficient (Wildman–Crippen LogP) is 3.38. The summed E-state index contributed by atoms with van der Waals surface area (Å²) in [5.74, 6) is 1.22. The molecule has 1 fully saturated rings. The minimum absolute atomic E-state index is 0.252. The maximum absolute atomic E-state index is 12.6. The average Bonchev–Trinajstić information content (AvgIpc) is 3.14. The molecule has 0 aromatic rings. The van der Waals surface area contributed by atoms with Crippen LogP contribution in [0.2, 0.25) is 0 Å². The van der Waals surface area contributed by atoms with E-state index in [9.17, 15) is 4.79 Å². The van der Waals surface area contributed by atoms with Gasteiger partial charge in [-0.3, -0.25) is 4.79 Å². The second-order valence-corrected chi connectivity index (χ2v) is 5.94. The Morgan fingerprint density at radius 3 is 2.35 bits per heavy atom. The van der Waals surface area contributed by atoms with Crippen LogP contribution in [-0.2, 0) is 4.79 Å². The molecule has 2 heteroatoms. The molecule has 2 aliphatic carbocycles. The van der Waals surface area contributed by atoms with Gasteiger partial charge in [-0.1, -0.05) is 26.0 Å². The smallest absolute Gasteiger partial charge is 0.226 e. The highest BCUT2D eigenvalue weighted by molar-refractivity contribution is 5.80. The zero-order valence-electron chi connectivity index (χ0n) is 11.4. The second kappa shape index (κ2) is 5.24. The predicted molar refractivity (Wildman–Crippen MR) is 70.6 cm³/mol. The highest BCUT2D eigenvalue weighted by atomic mass is 16.2. The summed E-state index contributed by atoms with van der Waals surface area (Å²) in [5.41, 5.74) is 0. The number of allylic oxidation sites excluding steroid dienone is 2. The fourth-order valence-corrected chi connectivity index (χ4v) is 2.62. The molecule has 0 saturated heterocycles. The van der Waals surface area contributed by atoms with Crippen molar-refractivity contribution < 1.29 is 4.79 Å². The van der Waals surface area contributed by atoms with Gasteiger partial charge in [0.25, 0.3) is 0 Å². The van der Waals surface area contributed by atoms with Crippen molar-refractivity contribution in [1.29, 1.82) is 0 Å². The topological polar surface area (TPSA) is 20.3 Å². The lowest BCUT2D eigenvalue weighted by molar-refractivity contribution is -0.139. The van der Waals surface area contributed by atoms with E-state index in [0.29, 0.717) is 23.9 Å². The standard InChI is InChI=1S/C15H25NO/c1-11(2)12(3)16(14-9-10-14)15(17)13-7-5-4-6-8-13/h4-5,11-14H,6-10H2,1-3H3. The lowest BCUT2D eigenvalue weighted by atomic mass is 9.91. The maximum atomic E-state index is 12.6. The van der Waals surface area contributed by atoms with E-state index in [2.05, 4.69) is 37.8 Å². The Labute approximate surface area is 105 Å². The summed E-state index contributed by atoms with van der Waals surface area (Å²) in [6, 6.07) is 0.937. The molecule has 2 atom stereocenters. The van der Waals surface area contributed by atoms with Crippen LogP contribution in [0.15, 0.2) is 12.2 Å². The van der Waals surface area contributed by atoms with Crippen molar-refractivity contribution >= 4 is 5.91 Å². The third-order valence-corrected chi connectivity index (χ3v) is 4.22. The van der Waals surface area contributed by atoms with Crippen LogP contribution in [-0.4, -0.2) is 22.9 Å². The van der Waals surface area contributed by atoms with Gasteiger partial charge in [-0.05, 0) is 44.9 Å². The van der Waals surface area contributed by atoms with Gasteiger partial charge in [0.05, 0.1) is 0 Å². The Bertz CT molecular complexity index is 304. The van der Waals surface area contributed by atoms with E-state index >= 15 is 0 Å². The Hall–Kier alpha value is -0.790. The molecule has 0 bridgehead atoms. The van der Waals surface area contributed by atoms with Gasteiger partial charge in [0.2, 0.25) is 5.91 Å². The van der Waals surface area contributed by atoms with E-state index in [-0.39, 0.29) is 5.92 Å². The van der Waals surface area contributed by atoms with E-state index < -0.39 is 0 Å². The van der Waals surface area contributed by atoms with Crippen LogP contribution in [0.25, 0.3) is 0 Å². The van der Waals surface area contributed by atoms with Crippen molar-refractivity contribution in [3.63, 3.8) is 0 Å². The molecule has 2 nitrogen and oxygen atoms in total. The van der Waals surface area contributed by atoms with Crippen LogP contribution in [0.1, 0.15) is 52.9 Å². The van der Waals surface area contributed by atoms with Gasteiger partial charge < -0.3 is 4.90 Å². The Balaban J connectivity index is 2.04. The molecule has 0 aromatic carbocycles. The van der Waals surface area contributed by atoms with Crippen molar-refractivity contribution in [3.8, 4) is 0 Å². The molecule has 0 radical (unpaired) electrons. The summed E-state index contributed by atoms with van der Waals surface area (Å²) >= 11 is 0. The van der Waals surface area contributed by atoms with Gasteiger partial charge in [-0.25, -0.2) is 0 Å². The van der Waals surface area contributed by atoms with Crippen LogP contribution in [0.4, 0.5) is 0 Å². The molecule has 0 heterocycles. The summed E-state index contributed by atoms with van der Waals surface area (Å²) in [4.78, 5) is 14.8. The van der Waals surface area contributed by atoms with Gasteiger partial charge >= 0.3 is 0 Å². The fraction of sp³-hybridized carbons (Fsp3) is 0.800. The van der Waals surface area contributed by atoms with E-state index in [1.807, 2.05) is 0 Å². The van der Waals surface area contributed by atoms with Gasteiger partial charge in [0.1, 0.15) is 0 Å². The highest BCUT2D eigenvalue weighted by Gasteiger charge is 2.38. The van der Waals surface area contributed by atoms with Crippen molar-refractivity contribution in [2.75, 3.05) is 0 Å². The first kappa shape index (κ1) is 12.7. The number of carbonyl (C=O) groups is 1. The van der Waals surface area contributed by atoms with E-state index in [1.165, 1.54) is 12.8 Å². The molecule has 1 saturated carbocycles.